The Morgan fingerprint density at radius 1 is 1.00 bits per heavy atom. The van der Waals surface area contributed by atoms with Crippen molar-refractivity contribution in [3.05, 3.63) is 82.7 Å². The molecule has 0 radical (unpaired) electrons. The maximum Gasteiger partial charge on any atom is 0.274 e. The van der Waals surface area contributed by atoms with E-state index in [9.17, 15) is 4.79 Å². The molecule has 2 aromatic carbocycles. The topological polar surface area (TPSA) is 58.1 Å². The predicted octanol–water partition coefficient (Wildman–Crippen LogP) is 3.91. The number of anilines is 2. The zero-order valence-electron chi connectivity index (χ0n) is 15.6. The van der Waals surface area contributed by atoms with Crippen LogP contribution in [0.25, 0.3) is 0 Å². The van der Waals surface area contributed by atoms with Gasteiger partial charge in [0.2, 0.25) is 5.95 Å². The van der Waals surface area contributed by atoms with E-state index < -0.39 is 0 Å². The average molecular weight is 358 g/mol. The summed E-state index contributed by atoms with van der Waals surface area (Å²) < 4.78 is 0. The Kier molecular flexibility index (Phi) is 4.59. The Morgan fingerprint density at radius 3 is 2.52 bits per heavy atom. The molecule has 0 bridgehead atoms. The van der Waals surface area contributed by atoms with Crippen molar-refractivity contribution < 1.29 is 4.79 Å². The lowest BCUT2D eigenvalue weighted by atomic mass is 10.0. The van der Waals surface area contributed by atoms with Gasteiger partial charge in [-0.1, -0.05) is 42.5 Å². The summed E-state index contributed by atoms with van der Waals surface area (Å²) in [5.74, 6) is 0.382. The molecule has 4 rings (SSSR count). The third-order valence-electron chi connectivity index (χ3n) is 5.01. The van der Waals surface area contributed by atoms with Gasteiger partial charge in [-0.2, -0.15) is 0 Å². The van der Waals surface area contributed by atoms with E-state index in [4.69, 9.17) is 0 Å². The van der Waals surface area contributed by atoms with Gasteiger partial charge in [-0.25, -0.2) is 9.97 Å². The van der Waals surface area contributed by atoms with Gasteiger partial charge in [-0.15, -0.1) is 0 Å². The lowest BCUT2D eigenvalue weighted by Gasteiger charge is -2.28. The van der Waals surface area contributed by atoms with Gasteiger partial charge in [0.25, 0.3) is 5.91 Å². The molecule has 1 aliphatic heterocycles. The molecule has 5 heteroatoms. The monoisotopic (exact) mass is 358 g/mol. The number of carbonyl (C=O) groups is 1. The Morgan fingerprint density at radius 2 is 1.74 bits per heavy atom. The minimum Gasteiger partial charge on any atom is -0.336 e. The molecule has 2 heterocycles. The second-order valence-electron chi connectivity index (χ2n) is 6.90. The van der Waals surface area contributed by atoms with E-state index in [2.05, 4.69) is 44.5 Å². The molecule has 1 aliphatic rings. The summed E-state index contributed by atoms with van der Waals surface area (Å²) in [5.41, 5.74) is 5.95. The van der Waals surface area contributed by atoms with Crippen molar-refractivity contribution in [2.24, 2.45) is 0 Å². The molecule has 0 atom stereocenters. The van der Waals surface area contributed by atoms with Gasteiger partial charge in [0.05, 0.1) is 0 Å². The highest BCUT2D eigenvalue weighted by Crippen LogP contribution is 2.23. The van der Waals surface area contributed by atoms with Crippen LogP contribution in [0.3, 0.4) is 0 Å². The second kappa shape index (κ2) is 7.19. The maximum atomic E-state index is 12.7. The van der Waals surface area contributed by atoms with Crippen LogP contribution in [0.5, 0.6) is 0 Å². The highest BCUT2D eigenvalue weighted by Gasteiger charge is 2.19. The van der Waals surface area contributed by atoms with Crippen molar-refractivity contribution in [1.29, 1.82) is 0 Å². The van der Waals surface area contributed by atoms with Gasteiger partial charge in [-0.3, -0.25) is 4.79 Å². The summed E-state index contributed by atoms with van der Waals surface area (Å²) in [5, 5.41) is 2.99. The maximum absolute atomic E-state index is 12.7. The third kappa shape index (κ3) is 3.53. The van der Waals surface area contributed by atoms with E-state index in [-0.39, 0.29) is 5.91 Å². The van der Waals surface area contributed by atoms with Gasteiger partial charge < -0.3 is 10.2 Å². The SMILES string of the molecule is Cc1cccc(C)c1NC(=O)c1ccnc(N2CCc3ccccc3C2)n1. The first-order valence-corrected chi connectivity index (χ1v) is 9.14. The first-order valence-electron chi connectivity index (χ1n) is 9.14. The van der Waals surface area contributed by atoms with Gasteiger partial charge in [0.1, 0.15) is 5.69 Å². The van der Waals surface area contributed by atoms with Crippen molar-refractivity contribution >= 4 is 17.5 Å². The van der Waals surface area contributed by atoms with Crippen LogP contribution in [-0.4, -0.2) is 22.4 Å². The molecule has 0 unspecified atom stereocenters. The molecule has 0 spiro atoms. The molecule has 0 saturated carbocycles. The van der Waals surface area contributed by atoms with Crippen molar-refractivity contribution in [1.82, 2.24) is 9.97 Å². The predicted molar refractivity (Wildman–Crippen MR) is 107 cm³/mol. The first-order chi connectivity index (χ1) is 13.1. The van der Waals surface area contributed by atoms with Gasteiger partial charge in [0, 0.05) is 25.0 Å². The lowest BCUT2D eigenvalue weighted by molar-refractivity contribution is 0.102. The zero-order valence-corrected chi connectivity index (χ0v) is 15.6. The fourth-order valence-electron chi connectivity index (χ4n) is 3.48. The molecule has 1 amide bonds. The number of carbonyl (C=O) groups excluding carboxylic acids is 1. The zero-order chi connectivity index (χ0) is 18.8. The fraction of sp³-hybridized carbons (Fsp3) is 0.227. The quantitative estimate of drug-likeness (QED) is 0.771. The van der Waals surface area contributed by atoms with Gasteiger partial charge in [-0.05, 0) is 48.6 Å². The fourth-order valence-corrected chi connectivity index (χ4v) is 3.48. The average Bonchev–Trinajstić information content (AvgIpc) is 2.70. The normalized spacial score (nSPS) is 13.2. The van der Waals surface area contributed by atoms with Crippen LogP contribution in [0.2, 0.25) is 0 Å². The summed E-state index contributed by atoms with van der Waals surface area (Å²) in [6.45, 7) is 5.58. The number of aromatic nitrogens is 2. The summed E-state index contributed by atoms with van der Waals surface area (Å²) in [6, 6.07) is 16.0. The van der Waals surface area contributed by atoms with Crippen molar-refractivity contribution in [3.8, 4) is 0 Å². The van der Waals surface area contributed by atoms with Crippen LogP contribution in [-0.2, 0) is 13.0 Å². The molecule has 136 valence electrons. The summed E-state index contributed by atoms with van der Waals surface area (Å²) in [4.78, 5) is 23.8. The Bertz CT molecular complexity index is 979. The van der Waals surface area contributed by atoms with Crippen molar-refractivity contribution in [2.75, 3.05) is 16.8 Å². The largest absolute Gasteiger partial charge is 0.336 e. The number of nitrogens with zero attached hydrogens (tertiary/aromatic N) is 3. The molecule has 0 fully saturated rings. The van der Waals surface area contributed by atoms with E-state index in [1.807, 2.05) is 32.0 Å². The van der Waals surface area contributed by atoms with Crippen molar-refractivity contribution in [3.63, 3.8) is 0 Å². The number of hydrogen-bond donors (Lipinski definition) is 1. The van der Waals surface area contributed by atoms with E-state index in [0.717, 1.165) is 36.3 Å². The first kappa shape index (κ1) is 17.2. The number of aryl methyl sites for hydroxylation is 2. The second-order valence-corrected chi connectivity index (χ2v) is 6.90. The molecule has 3 aromatic rings. The number of fused-ring (bicyclic) bond motifs is 1. The molecule has 0 saturated heterocycles. The highest BCUT2D eigenvalue weighted by molar-refractivity contribution is 6.03. The van der Waals surface area contributed by atoms with Crippen LogP contribution < -0.4 is 10.2 Å². The molecular weight excluding hydrogens is 336 g/mol. The molecule has 0 aliphatic carbocycles. The smallest absolute Gasteiger partial charge is 0.274 e. The van der Waals surface area contributed by atoms with E-state index in [1.165, 1.54) is 11.1 Å². The number of rotatable bonds is 3. The van der Waals surface area contributed by atoms with E-state index in [1.54, 1.807) is 12.3 Å². The minimum absolute atomic E-state index is 0.214. The number of benzene rings is 2. The van der Waals surface area contributed by atoms with E-state index >= 15 is 0 Å². The summed E-state index contributed by atoms with van der Waals surface area (Å²) in [6.07, 6.45) is 2.61. The Labute approximate surface area is 159 Å². The minimum atomic E-state index is -0.214. The number of amides is 1. The standard InChI is InChI=1S/C22H22N4O/c1-15-6-5-7-16(2)20(15)25-21(27)19-10-12-23-22(24-19)26-13-11-17-8-3-4-9-18(17)14-26/h3-10,12H,11,13-14H2,1-2H3,(H,25,27). The van der Waals surface area contributed by atoms with Crippen LogP contribution in [0.15, 0.2) is 54.7 Å². The highest BCUT2D eigenvalue weighted by atomic mass is 16.1. The van der Waals surface area contributed by atoms with Crippen LogP contribution in [0.1, 0.15) is 32.7 Å². The van der Waals surface area contributed by atoms with E-state index in [0.29, 0.717) is 11.6 Å². The third-order valence-corrected chi connectivity index (χ3v) is 5.01. The van der Waals surface area contributed by atoms with Crippen LogP contribution in [0, 0.1) is 13.8 Å². The van der Waals surface area contributed by atoms with Crippen LogP contribution in [0.4, 0.5) is 11.6 Å². The lowest BCUT2D eigenvalue weighted by Crippen LogP contribution is -2.32. The number of para-hydroxylation sites is 1. The Balaban J connectivity index is 1.55. The molecule has 1 aromatic heterocycles. The van der Waals surface area contributed by atoms with Gasteiger partial charge in [0.15, 0.2) is 0 Å². The number of hydrogen-bond acceptors (Lipinski definition) is 4. The number of nitrogens with one attached hydrogen (secondary N) is 1. The molecule has 5 nitrogen and oxygen atoms in total. The van der Waals surface area contributed by atoms with Gasteiger partial charge >= 0.3 is 0 Å². The van der Waals surface area contributed by atoms with Crippen molar-refractivity contribution in [2.45, 2.75) is 26.8 Å². The van der Waals surface area contributed by atoms with Crippen LogP contribution >= 0.6 is 0 Å². The molecular formula is C22H22N4O. The summed E-state index contributed by atoms with van der Waals surface area (Å²) in [7, 11) is 0. The summed E-state index contributed by atoms with van der Waals surface area (Å²) >= 11 is 0. The molecule has 27 heavy (non-hydrogen) atoms. The molecule has 1 N–H and O–H groups in total. The Hall–Kier alpha value is -3.21.